The van der Waals surface area contributed by atoms with E-state index in [0.29, 0.717) is 13.0 Å². The first-order chi connectivity index (χ1) is 9.61. The Kier molecular flexibility index (Phi) is 4.92. The number of nitro groups is 1. The average Bonchev–Trinajstić information content (AvgIpc) is 2.43. The van der Waals surface area contributed by atoms with Crippen molar-refractivity contribution in [1.82, 2.24) is 5.32 Å². The fourth-order valence-corrected chi connectivity index (χ4v) is 2.50. The summed E-state index contributed by atoms with van der Waals surface area (Å²) in [5.41, 5.74) is 0.784. The second-order valence-electron chi connectivity index (χ2n) is 5.10. The normalized spacial score (nSPS) is 22.5. The van der Waals surface area contributed by atoms with Crippen LogP contribution in [0.4, 0.5) is 5.69 Å². The van der Waals surface area contributed by atoms with E-state index in [0.717, 1.165) is 24.8 Å². The molecule has 6 nitrogen and oxygen atoms in total. The Morgan fingerprint density at radius 1 is 1.45 bits per heavy atom. The van der Waals surface area contributed by atoms with Gasteiger partial charge in [0.2, 0.25) is 0 Å². The Morgan fingerprint density at radius 3 is 2.85 bits per heavy atom. The van der Waals surface area contributed by atoms with Crippen molar-refractivity contribution < 1.29 is 14.8 Å². The summed E-state index contributed by atoms with van der Waals surface area (Å²) in [6, 6.07) is 4.93. The van der Waals surface area contributed by atoms with Crippen LogP contribution in [0.2, 0.25) is 0 Å². The molecule has 1 aliphatic carbocycles. The molecular formula is C14H20N2O4. The molecule has 0 saturated heterocycles. The molecule has 6 heteroatoms. The van der Waals surface area contributed by atoms with Crippen LogP contribution in [0.15, 0.2) is 18.2 Å². The molecule has 1 saturated carbocycles. The number of ether oxygens (including phenoxy) is 1. The lowest BCUT2D eigenvalue weighted by Crippen LogP contribution is -2.34. The van der Waals surface area contributed by atoms with Gasteiger partial charge in [0.15, 0.2) is 5.75 Å². The molecule has 0 radical (unpaired) electrons. The monoisotopic (exact) mass is 280 g/mol. The molecule has 1 aliphatic rings. The van der Waals surface area contributed by atoms with Crippen LogP contribution in [0.3, 0.4) is 0 Å². The first kappa shape index (κ1) is 14.7. The highest BCUT2D eigenvalue weighted by Crippen LogP contribution is 2.31. The lowest BCUT2D eigenvalue weighted by molar-refractivity contribution is -0.386. The molecule has 1 aromatic rings. The number of nitrogens with one attached hydrogen (secondary N) is 1. The average molecular weight is 280 g/mol. The van der Waals surface area contributed by atoms with E-state index in [1.54, 1.807) is 19.2 Å². The zero-order valence-electron chi connectivity index (χ0n) is 11.5. The smallest absolute Gasteiger partial charge is 0.311 e. The van der Waals surface area contributed by atoms with Crippen LogP contribution in [-0.2, 0) is 6.54 Å². The SMILES string of the molecule is CNCc1ccc(OC2CCCCC2O)c([N+](=O)[O-])c1. The van der Waals surface area contributed by atoms with Gasteiger partial charge in [0.05, 0.1) is 11.0 Å². The molecule has 0 bridgehead atoms. The van der Waals surface area contributed by atoms with Gasteiger partial charge in [0.1, 0.15) is 6.10 Å². The molecule has 2 rings (SSSR count). The van der Waals surface area contributed by atoms with Crippen LogP contribution in [0.5, 0.6) is 5.75 Å². The third-order valence-electron chi connectivity index (χ3n) is 3.55. The van der Waals surface area contributed by atoms with Crippen molar-refractivity contribution in [2.75, 3.05) is 7.05 Å². The van der Waals surface area contributed by atoms with Crippen LogP contribution in [0.25, 0.3) is 0 Å². The highest BCUT2D eigenvalue weighted by atomic mass is 16.6. The number of hydrogen-bond acceptors (Lipinski definition) is 5. The Bertz CT molecular complexity index is 478. The summed E-state index contributed by atoms with van der Waals surface area (Å²) in [7, 11) is 1.79. The van der Waals surface area contributed by atoms with E-state index in [-0.39, 0.29) is 17.5 Å². The highest BCUT2D eigenvalue weighted by molar-refractivity contribution is 5.48. The third-order valence-corrected chi connectivity index (χ3v) is 3.55. The molecular weight excluding hydrogens is 260 g/mol. The van der Waals surface area contributed by atoms with Gasteiger partial charge in [-0.25, -0.2) is 0 Å². The van der Waals surface area contributed by atoms with E-state index in [1.165, 1.54) is 6.07 Å². The summed E-state index contributed by atoms with van der Waals surface area (Å²) in [4.78, 5) is 10.7. The van der Waals surface area contributed by atoms with Crippen LogP contribution in [0, 0.1) is 10.1 Å². The van der Waals surface area contributed by atoms with Crippen molar-refractivity contribution in [2.45, 2.75) is 44.4 Å². The summed E-state index contributed by atoms with van der Waals surface area (Å²) in [6.45, 7) is 0.563. The quantitative estimate of drug-likeness (QED) is 0.636. The minimum atomic E-state index is -0.541. The number of nitrogens with zero attached hydrogens (tertiary/aromatic N) is 1. The zero-order chi connectivity index (χ0) is 14.5. The standard InChI is InChI=1S/C14H20N2O4/c1-15-9-10-6-7-13(11(8-10)16(18)19)20-14-5-3-2-4-12(14)17/h6-8,12,14-15,17H,2-5,9H2,1H3. The van der Waals surface area contributed by atoms with Gasteiger partial charge < -0.3 is 15.2 Å². The van der Waals surface area contributed by atoms with Gasteiger partial charge in [-0.2, -0.15) is 0 Å². The van der Waals surface area contributed by atoms with Crippen molar-refractivity contribution in [1.29, 1.82) is 0 Å². The summed E-state index contributed by atoms with van der Waals surface area (Å²) in [6.07, 6.45) is 2.49. The van der Waals surface area contributed by atoms with Gasteiger partial charge in [0, 0.05) is 12.6 Å². The Morgan fingerprint density at radius 2 is 2.20 bits per heavy atom. The van der Waals surface area contributed by atoms with E-state index in [1.807, 2.05) is 0 Å². The first-order valence-electron chi connectivity index (χ1n) is 6.88. The van der Waals surface area contributed by atoms with Crippen molar-refractivity contribution in [3.63, 3.8) is 0 Å². The minimum Gasteiger partial charge on any atom is -0.481 e. The van der Waals surface area contributed by atoms with Gasteiger partial charge in [-0.05, 0) is 37.9 Å². The molecule has 0 spiro atoms. The van der Waals surface area contributed by atoms with Gasteiger partial charge >= 0.3 is 5.69 Å². The Labute approximate surface area is 117 Å². The van der Waals surface area contributed by atoms with Crippen molar-refractivity contribution in [2.24, 2.45) is 0 Å². The molecule has 2 atom stereocenters. The minimum absolute atomic E-state index is 0.0458. The topological polar surface area (TPSA) is 84.6 Å². The lowest BCUT2D eigenvalue weighted by Gasteiger charge is -2.28. The zero-order valence-corrected chi connectivity index (χ0v) is 11.5. The van der Waals surface area contributed by atoms with Crippen molar-refractivity contribution >= 4 is 5.69 Å². The summed E-state index contributed by atoms with van der Waals surface area (Å²) in [5, 5.41) is 24.0. The van der Waals surface area contributed by atoms with Crippen molar-refractivity contribution in [3.05, 3.63) is 33.9 Å². The molecule has 110 valence electrons. The fourth-order valence-electron chi connectivity index (χ4n) is 2.50. The second kappa shape index (κ2) is 6.67. The molecule has 0 aromatic heterocycles. The third kappa shape index (κ3) is 3.46. The van der Waals surface area contributed by atoms with Gasteiger partial charge in [-0.3, -0.25) is 10.1 Å². The molecule has 20 heavy (non-hydrogen) atoms. The van der Waals surface area contributed by atoms with E-state index in [9.17, 15) is 15.2 Å². The lowest BCUT2D eigenvalue weighted by atomic mass is 9.95. The number of aliphatic hydroxyl groups excluding tert-OH is 1. The molecule has 1 fully saturated rings. The van der Waals surface area contributed by atoms with Crippen LogP contribution in [-0.4, -0.2) is 29.3 Å². The number of aliphatic hydroxyl groups is 1. The van der Waals surface area contributed by atoms with E-state index in [4.69, 9.17) is 4.74 Å². The fraction of sp³-hybridized carbons (Fsp3) is 0.571. The molecule has 2 N–H and O–H groups in total. The van der Waals surface area contributed by atoms with E-state index in [2.05, 4.69) is 5.32 Å². The van der Waals surface area contributed by atoms with Crippen LogP contribution in [0.1, 0.15) is 31.2 Å². The molecule has 0 aliphatic heterocycles. The first-order valence-corrected chi connectivity index (χ1v) is 6.88. The maximum atomic E-state index is 11.1. The summed E-state index contributed by atoms with van der Waals surface area (Å²) >= 11 is 0. The van der Waals surface area contributed by atoms with Crippen molar-refractivity contribution in [3.8, 4) is 5.75 Å². The van der Waals surface area contributed by atoms with E-state index < -0.39 is 11.0 Å². The second-order valence-corrected chi connectivity index (χ2v) is 5.10. The number of nitro benzene ring substituents is 1. The number of benzene rings is 1. The van der Waals surface area contributed by atoms with Gasteiger partial charge in [-0.15, -0.1) is 0 Å². The number of rotatable bonds is 5. The van der Waals surface area contributed by atoms with Gasteiger partial charge in [0.25, 0.3) is 0 Å². The number of hydrogen-bond donors (Lipinski definition) is 2. The highest BCUT2D eigenvalue weighted by Gasteiger charge is 2.27. The Balaban J connectivity index is 2.19. The largest absolute Gasteiger partial charge is 0.481 e. The van der Waals surface area contributed by atoms with Crippen LogP contribution < -0.4 is 10.1 Å². The van der Waals surface area contributed by atoms with Crippen LogP contribution >= 0.6 is 0 Å². The molecule has 0 heterocycles. The van der Waals surface area contributed by atoms with Gasteiger partial charge in [-0.1, -0.05) is 12.5 Å². The molecule has 1 aromatic carbocycles. The predicted octanol–water partition coefficient (Wildman–Crippen LogP) is 2.00. The predicted molar refractivity (Wildman–Crippen MR) is 74.8 cm³/mol. The summed E-state index contributed by atoms with van der Waals surface area (Å²) < 4.78 is 5.68. The maximum absolute atomic E-state index is 11.1. The molecule has 2 unspecified atom stereocenters. The molecule has 0 amide bonds. The van der Waals surface area contributed by atoms with E-state index >= 15 is 0 Å². The Hall–Kier alpha value is -1.66. The summed E-state index contributed by atoms with van der Waals surface area (Å²) in [5.74, 6) is 0.237. The maximum Gasteiger partial charge on any atom is 0.311 e.